The minimum atomic E-state index is -0.619. The third-order valence-electron chi connectivity index (χ3n) is 2.97. The van der Waals surface area contributed by atoms with Crippen LogP contribution in [0.2, 0.25) is 0 Å². The normalized spacial score (nSPS) is 19.7. The first-order chi connectivity index (χ1) is 7.18. The highest BCUT2D eigenvalue weighted by Gasteiger charge is 2.43. The molecule has 0 aromatic heterocycles. The Bertz CT molecular complexity index is 216. The van der Waals surface area contributed by atoms with Gasteiger partial charge in [-0.1, -0.05) is 12.8 Å². The Balaban J connectivity index is 2.63. The van der Waals surface area contributed by atoms with Gasteiger partial charge in [0.2, 0.25) is 0 Å². The molecule has 0 aromatic rings. The Morgan fingerprint density at radius 1 is 1.53 bits per heavy atom. The number of rotatable bonds is 7. The monoisotopic (exact) mass is 215 g/mol. The highest BCUT2D eigenvalue weighted by Crippen LogP contribution is 2.40. The number of nitrogens with two attached hydrogens (primary N) is 1. The summed E-state index contributed by atoms with van der Waals surface area (Å²) >= 11 is 0. The van der Waals surface area contributed by atoms with Gasteiger partial charge in [-0.05, 0) is 19.3 Å². The van der Waals surface area contributed by atoms with Crippen molar-refractivity contribution in [3.63, 3.8) is 0 Å². The molecule has 0 amide bonds. The van der Waals surface area contributed by atoms with E-state index in [1.54, 1.807) is 0 Å². The minimum Gasteiger partial charge on any atom is -0.468 e. The van der Waals surface area contributed by atoms with Gasteiger partial charge in [-0.3, -0.25) is 4.79 Å². The standard InChI is InChI=1S/C11H21NO3/c1-3-15-8-11(7-12,10(13)14-2)6-9-4-5-9/h9H,3-8,12H2,1-2H3. The van der Waals surface area contributed by atoms with E-state index in [-0.39, 0.29) is 5.97 Å². The summed E-state index contributed by atoms with van der Waals surface area (Å²) in [6.45, 7) is 3.19. The lowest BCUT2D eigenvalue weighted by Gasteiger charge is -2.29. The summed E-state index contributed by atoms with van der Waals surface area (Å²) in [6.07, 6.45) is 3.20. The first-order valence-corrected chi connectivity index (χ1v) is 5.54. The van der Waals surface area contributed by atoms with E-state index in [1.807, 2.05) is 6.92 Å². The number of methoxy groups -OCH3 is 1. The molecule has 15 heavy (non-hydrogen) atoms. The Morgan fingerprint density at radius 3 is 2.60 bits per heavy atom. The molecule has 0 bridgehead atoms. The lowest BCUT2D eigenvalue weighted by Crippen LogP contribution is -2.44. The van der Waals surface area contributed by atoms with Gasteiger partial charge < -0.3 is 15.2 Å². The van der Waals surface area contributed by atoms with Crippen LogP contribution in [0.4, 0.5) is 0 Å². The maximum Gasteiger partial charge on any atom is 0.315 e. The van der Waals surface area contributed by atoms with E-state index in [0.29, 0.717) is 25.7 Å². The largest absolute Gasteiger partial charge is 0.468 e. The Morgan fingerprint density at radius 2 is 2.20 bits per heavy atom. The molecule has 88 valence electrons. The fourth-order valence-corrected chi connectivity index (χ4v) is 1.82. The first-order valence-electron chi connectivity index (χ1n) is 5.54. The van der Waals surface area contributed by atoms with Crippen LogP contribution < -0.4 is 5.73 Å². The molecule has 0 aliphatic heterocycles. The van der Waals surface area contributed by atoms with E-state index in [0.717, 1.165) is 6.42 Å². The summed E-state index contributed by atoms with van der Waals surface area (Å²) in [4.78, 5) is 11.8. The summed E-state index contributed by atoms with van der Waals surface area (Å²) in [5.41, 5.74) is 5.10. The van der Waals surface area contributed by atoms with E-state index in [1.165, 1.54) is 20.0 Å². The second kappa shape index (κ2) is 5.47. The van der Waals surface area contributed by atoms with Crippen molar-refractivity contribution in [1.82, 2.24) is 0 Å². The molecule has 1 aliphatic rings. The van der Waals surface area contributed by atoms with Gasteiger partial charge in [0.15, 0.2) is 0 Å². The van der Waals surface area contributed by atoms with Gasteiger partial charge in [-0.2, -0.15) is 0 Å². The SMILES string of the molecule is CCOCC(CN)(CC1CC1)C(=O)OC. The number of hydrogen-bond donors (Lipinski definition) is 1. The lowest BCUT2D eigenvalue weighted by atomic mass is 9.83. The summed E-state index contributed by atoms with van der Waals surface area (Å²) in [7, 11) is 1.41. The molecular weight excluding hydrogens is 194 g/mol. The van der Waals surface area contributed by atoms with Crippen molar-refractivity contribution in [2.24, 2.45) is 17.1 Å². The molecule has 1 saturated carbocycles. The summed E-state index contributed by atoms with van der Waals surface area (Å²) in [5, 5.41) is 0. The summed E-state index contributed by atoms with van der Waals surface area (Å²) < 4.78 is 10.2. The number of carbonyl (C=O) groups excluding carboxylic acids is 1. The molecule has 0 heterocycles. The van der Waals surface area contributed by atoms with Gasteiger partial charge in [0.1, 0.15) is 5.41 Å². The zero-order chi connectivity index (χ0) is 11.3. The first kappa shape index (κ1) is 12.5. The molecule has 4 nitrogen and oxygen atoms in total. The third kappa shape index (κ3) is 3.18. The van der Waals surface area contributed by atoms with Crippen LogP contribution in [0.25, 0.3) is 0 Å². The van der Waals surface area contributed by atoms with Crippen LogP contribution in [0.5, 0.6) is 0 Å². The number of carbonyl (C=O) groups is 1. The Labute approximate surface area is 91.1 Å². The van der Waals surface area contributed by atoms with Crippen LogP contribution in [-0.4, -0.2) is 32.8 Å². The molecule has 0 aromatic carbocycles. The van der Waals surface area contributed by atoms with Crippen molar-refractivity contribution in [3.05, 3.63) is 0 Å². The molecule has 1 fully saturated rings. The van der Waals surface area contributed by atoms with Gasteiger partial charge in [0.25, 0.3) is 0 Å². The third-order valence-corrected chi connectivity index (χ3v) is 2.97. The molecule has 1 unspecified atom stereocenters. The number of esters is 1. The Hall–Kier alpha value is -0.610. The van der Waals surface area contributed by atoms with Crippen LogP contribution in [-0.2, 0) is 14.3 Å². The topological polar surface area (TPSA) is 61.5 Å². The van der Waals surface area contributed by atoms with E-state index in [2.05, 4.69) is 0 Å². The van der Waals surface area contributed by atoms with Crippen LogP contribution in [0.1, 0.15) is 26.2 Å². The summed E-state index contributed by atoms with van der Waals surface area (Å²) in [5.74, 6) is 0.401. The van der Waals surface area contributed by atoms with Crippen molar-refractivity contribution < 1.29 is 14.3 Å². The van der Waals surface area contributed by atoms with E-state index < -0.39 is 5.41 Å². The molecule has 1 atom stereocenters. The maximum atomic E-state index is 11.8. The van der Waals surface area contributed by atoms with Crippen molar-refractivity contribution in [3.8, 4) is 0 Å². The summed E-state index contributed by atoms with van der Waals surface area (Å²) in [6, 6.07) is 0. The average Bonchev–Trinajstić information content (AvgIpc) is 3.07. The zero-order valence-corrected chi connectivity index (χ0v) is 9.62. The molecule has 1 rings (SSSR count). The molecule has 4 heteroatoms. The highest BCUT2D eigenvalue weighted by atomic mass is 16.5. The van der Waals surface area contributed by atoms with Gasteiger partial charge >= 0.3 is 5.97 Å². The predicted octanol–water partition coefficient (Wildman–Crippen LogP) is 0.941. The Kier molecular flexibility index (Phi) is 4.54. The lowest BCUT2D eigenvalue weighted by molar-refractivity contribution is -0.157. The second-order valence-electron chi connectivity index (χ2n) is 4.26. The van der Waals surface area contributed by atoms with Crippen molar-refractivity contribution >= 4 is 5.97 Å². The second-order valence-corrected chi connectivity index (χ2v) is 4.26. The minimum absolute atomic E-state index is 0.231. The molecule has 2 N–H and O–H groups in total. The van der Waals surface area contributed by atoms with E-state index in [4.69, 9.17) is 15.2 Å². The molecule has 0 saturated heterocycles. The molecule has 0 radical (unpaired) electrons. The van der Waals surface area contributed by atoms with Crippen LogP contribution in [0, 0.1) is 11.3 Å². The maximum absolute atomic E-state index is 11.8. The quantitative estimate of drug-likeness (QED) is 0.642. The van der Waals surface area contributed by atoms with E-state index >= 15 is 0 Å². The van der Waals surface area contributed by atoms with Gasteiger partial charge in [-0.25, -0.2) is 0 Å². The van der Waals surface area contributed by atoms with Crippen LogP contribution in [0.15, 0.2) is 0 Å². The fourth-order valence-electron chi connectivity index (χ4n) is 1.82. The van der Waals surface area contributed by atoms with Crippen LogP contribution in [0.3, 0.4) is 0 Å². The zero-order valence-electron chi connectivity index (χ0n) is 9.62. The molecule has 1 aliphatic carbocycles. The average molecular weight is 215 g/mol. The fraction of sp³-hybridized carbons (Fsp3) is 0.909. The number of ether oxygens (including phenoxy) is 2. The van der Waals surface area contributed by atoms with Gasteiger partial charge in [0, 0.05) is 13.2 Å². The van der Waals surface area contributed by atoms with Gasteiger partial charge in [-0.15, -0.1) is 0 Å². The van der Waals surface area contributed by atoms with Crippen molar-refractivity contribution in [1.29, 1.82) is 0 Å². The predicted molar refractivity (Wildman–Crippen MR) is 57.3 cm³/mol. The molecule has 0 spiro atoms. The van der Waals surface area contributed by atoms with Gasteiger partial charge in [0.05, 0.1) is 13.7 Å². The highest BCUT2D eigenvalue weighted by molar-refractivity contribution is 5.77. The number of hydrogen-bond acceptors (Lipinski definition) is 4. The van der Waals surface area contributed by atoms with Crippen LogP contribution >= 0.6 is 0 Å². The van der Waals surface area contributed by atoms with E-state index in [9.17, 15) is 4.79 Å². The molecular formula is C11H21NO3. The van der Waals surface area contributed by atoms with Crippen molar-refractivity contribution in [2.45, 2.75) is 26.2 Å². The smallest absolute Gasteiger partial charge is 0.315 e. The van der Waals surface area contributed by atoms with Crippen molar-refractivity contribution in [2.75, 3.05) is 26.9 Å².